The predicted octanol–water partition coefficient (Wildman–Crippen LogP) is 4.13. The van der Waals surface area contributed by atoms with Crippen LogP contribution >= 0.6 is 0 Å². The Morgan fingerprint density at radius 3 is 2.62 bits per heavy atom. The number of hydrogen-bond acceptors (Lipinski definition) is 2. The van der Waals surface area contributed by atoms with Crippen molar-refractivity contribution in [2.75, 3.05) is 6.54 Å². The van der Waals surface area contributed by atoms with Crippen molar-refractivity contribution in [3.63, 3.8) is 0 Å². The van der Waals surface area contributed by atoms with E-state index in [2.05, 4.69) is 36.5 Å². The molecule has 0 bridgehead atoms. The van der Waals surface area contributed by atoms with E-state index in [1.54, 1.807) is 6.92 Å². The van der Waals surface area contributed by atoms with E-state index in [1.165, 1.54) is 16.7 Å². The number of hydrogen-bond donors (Lipinski definition) is 1. The summed E-state index contributed by atoms with van der Waals surface area (Å²) in [7, 11) is 0. The van der Waals surface area contributed by atoms with Crippen LogP contribution in [0.4, 0.5) is 0 Å². The van der Waals surface area contributed by atoms with Gasteiger partial charge in [-0.15, -0.1) is 0 Å². The molecule has 1 atom stereocenters. The van der Waals surface area contributed by atoms with Crippen LogP contribution in [0.2, 0.25) is 0 Å². The van der Waals surface area contributed by atoms with E-state index in [-0.39, 0.29) is 5.91 Å². The van der Waals surface area contributed by atoms with E-state index < -0.39 is 6.10 Å². The number of nitrogens with one attached hydrogen (secondary N) is 1. The topological polar surface area (TPSA) is 38.3 Å². The molecule has 0 heterocycles. The first-order chi connectivity index (χ1) is 11.5. The molecule has 0 unspecified atom stereocenters. The predicted molar refractivity (Wildman–Crippen MR) is 98.5 cm³/mol. The largest absolute Gasteiger partial charge is 0.481 e. The molecule has 128 valence electrons. The Hall–Kier alpha value is -2.29. The smallest absolute Gasteiger partial charge is 0.260 e. The summed E-state index contributed by atoms with van der Waals surface area (Å²) in [5.74, 6) is 0.706. The summed E-state index contributed by atoms with van der Waals surface area (Å²) < 4.78 is 5.81. The molecule has 0 saturated heterocycles. The number of carbonyl (C=O) groups is 1. The Kier molecular flexibility index (Phi) is 6.42. The molecular weight excluding hydrogens is 298 g/mol. The van der Waals surface area contributed by atoms with E-state index in [9.17, 15) is 4.79 Å². The fourth-order valence-electron chi connectivity index (χ4n) is 2.61. The Balaban J connectivity index is 1.76. The normalized spacial score (nSPS) is 11.8. The molecule has 0 aliphatic carbocycles. The van der Waals surface area contributed by atoms with Gasteiger partial charge in [-0.25, -0.2) is 0 Å². The molecular formula is C21H27NO2. The molecule has 0 aliphatic heterocycles. The van der Waals surface area contributed by atoms with Gasteiger partial charge in [0.25, 0.3) is 5.91 Å². The molecule has 24 heavy (non-hydrogen) atoms. The highest BCUT2D eigenvalue weighted by atomic mass is 16.5. The zero-order valence-electron chi connectivity index (χ0n) is 15.1. The monoisotopic (exact) mass is 325 g/mol. The maximum atomic E-state index is 12.2. The molecule has 0 radical (unpaired) electrons. The van der Waals surface area contributed by atoms with Gasteiger partial charge in [0.15, 0.2) is 6.10 Å². The van der Waals surface area contributed by atoms with Gasteiger partial charge in [-0.1, -0.05) is 42.0 Å². The third kappa shape index (κ3) is 5.12. The molecule has 0 spiro atoms. The maximum Gasteiger partial charge on any atom is 0.260 e. The molecule has 2 aromatic carbocycles. The Bertz CT molecular complexity index is 694. The number of carbonyl (C=O) groups excluding carboxylic acids is 1. The molecule has 3 nitrogen and oxygen atoms in total. The zero-order valence-corrected chi connectivity index (χ0v) is 15.1. The second-order valence-electron chi connectivity index (χ2n) is 6.34. The average molecular weight is 325 g/mol. The van der Waals surface area contributed by atoms with Crippen LogP contribution < -0.4 is 10.1 Å². The number of aryl methyl sites for hydroxylation is 3. The standard InChI is InChI=1S/C21H27NO2/c1-15-8-5-10-19(14-15)11-7-13-22-21(23)18(4)24-20-12-6-9-16(2)17(20)3/h5-6,8-10,12,14,18H,7,11,13H2,1-4H3,(H,22,23)/t18-/m0/s1. The van der Waals surface area contributed by atoms with Crippen molar-refractivity contribution in [1.82, 2.24) is 5.32 Å². The molecule has 2 rings (SSSR count). The lowest BCUT2D eigenvalue weighted by molar-refractivity contribution is -0.127. The third-order valence-corrected chi connectivity index (χ3v) is 4.25. The van der Waals surface area contributed by atoms with Crippen LogP contribution in [0.25, 0.3) is 0 Å². The van der Waals surface area contributed by atoms with Crippen molar-refractivity contribution in [2.24, 2.45) is 0 Å². The van der Waals surface area contributed by atoms with Crippen molar-refractivity contribution in [1.29, 1.82) is 0 Å². The molecule has 0 aliphatic rings. The summed E-state index contributed by atoms with van der Waals surface area (Å²) in [6, 6.07) is 14.4. The van der Waals surface area contributed by atoms with Crippen molar-refractivity contribution in [3.05, 3.63) is 64.7 Å². The van der Waals surface area contributed by atoms with Gasteiger partial charge in [0.1, 0.15) is 5.75 Å². The number of benzene rings is 2. The summed E-state index contributed by atoms with van der Waals surface area (Å²) in [6.45, 7) is 8.60. The van der Waals surface area contributed by atoms with Crippen molar-refractivity contribution >= 4 is 5.91 Å². The molecule has 1 N–H and O–H groups in total. The third-order valence-electron chi connectivity index (χ3n) is 4.25. The zero-order chi connectivity index (χ0) is 17.5. The van der Waals surface area contributed by atoms with Crippen molar-refractivity contribution in [2.45, 2.75) is 46.6 Å². The van der Waals surface area contributed by atoms with Crippen LogP contribution in [0.3, 0.4) is 0 Å². The second-order valence-corrected chi connectivity index (χ2v) is 6.34. The fourth-order valence-corrected chi connectivity index (χ4v) is 2.61. The Morgan fingerprint density at radius 1 is 1.12 bits per heavy atom. The quantitative estimate of drug-likeness (QED) is 0.777. The minimum atomic E-state index is -0.496. The van der Waals surface area contributed by atoms with Gasteiger partial charge in [-0.05, 0) is 63.3 Å². The first-order valence-corrected chi connectivity index (χ1v) is 8.53. The maximum absolute atomic E-state index is 12.2. The summed E-state index contributed by atoms with van der Waals surface area (Å²) >= 11 is 0. The lowest BCUT2D eigenvalue weighted by atomic mass is 10.1. The van der Waals surface area contributed by atoms with Crippen LogP contribution in [0.5, 0.6) is 5.75 Å². The van der Waals surface area contributed by atoms with Crippen LogP contribution in [0.1, 0.15) is 35.6 Å². The SMILES string of the molecule is Cc1cccc(CCCNC(=O)[C@H](C)Oc2cccc(C)c2C)c1. The van der Waals surface area contributed by atoms with Gasteiger partial charge in [-0.3, -0.25) is 4.79 Å². The van der Waals surface area contributed by atoms with Crippen LogP contribution in [-0.4, -0.2) is 18.6 Å². The molecule has 1 amide bonds. The van der Waals surface area contributed by atoms with E-state index >= 15 is 0 Å². The highest BCUT2D eigenvalue weighted by Gasteiger charge is 2.15. The number of amides is 1. The van der Waals surface area contributed by atoms with Gasteiger partial charge >= 0.3 is 0 Å². The number of rotatable bonds is 7. The average Bonchev–Trinajstić information content (AvgIpc) is 2.55. The lowest BCUT2D eigenvalue weighted by Crippen LogP contribution is -2.37. The van der Waals surface area contributed by atoms with E-state index in [0.717, 1.165) is 24.2 Å². The summed E-state index contributed by atoms with van der Waals surface area (Å²) in [5.41, 5.74) is 4.82. The van der Waals surface area contributed by atoms with E-state index in [1.807, 2.05) is 32.0 Å². The Morgan fingerprint density at radius 2 is 1.88 bits per heavy atom. The van der Waals surface area contributed by atoms with Crippen molar-refractivity contribution in [3.8, 4) is 5.75 Å². The van der Waals surface area contributed by atoms with Crippen LogP contribution in [-0.2, 0) is 11.2 Å². The van der Waals surface area contributed by atoms with Crippen molar-refractivity contribution < 1.29 is 9.53 Å². The van der Waals surface area contributed by atoms with Crippen LogP contribution in [0.15, 0.2) is 42.5 Å². The first-order valence-electron chi connectivity index (χ1n) is 8.53. The van der Waals surface area contributed by atoms with E-state index in [0.29, 0.717) is 6.54 Å². The summed E-state index contributed by atoms with van der Waals surface area (Å²) in [5, 5.41) is 2.96. The fraction of sp³-hybridized carbons (Fsp3) is 0.381. The molecule has 2 aromatic rings. The number of ether oxygens (including phenoxy) is 1. The lowest BCUT2D eigenvalue weighted by Gasteiger charge is -2.17. The molecule has 0 saturated carbocycles. The minimum Gasteiger partial charge on any atom is -0.481 e. The second kappa shape index (κ2) is 8.53. The minimum absolute atomic E-state index is 0.0693. The summed E-state index contributed by atoms with van der Waals surface area (Å²) in [4.78, 5) is 12.2. The van der Waals surface area contributed by atoms with Gasteiger partial charge in [0, 0.05) is 6.54 Å². The first kappa shape index (κ1) is 18.1. The van der Waals surface area contributed by atoms with Gasteiger partial charge in [0.05, 0.1) is 0 Å². The summed E-state index contributed by atoms with van der Waals surface area (Å²) in [6.07, 6.45) is 1.39. The van der Waals surface area contributed by atoms with Gasteiger partial charge in [0.2, 0.25) is 0 Å². The van der Waals surface area contributed by atoms with Gasteiger partial charge < -0.3 is 10.1 Å². The Labute approximate surface area is 145 Å². The van der Waals surface area contributed by atoms with Gasteiger partial charge in [-0.2, -0.15) is 0 Å². The van der Waals surface area contributed by atoms with Crippen LogP contribution in [0, 0.1) is 20.8 Å². The molecule has 0 aromatic heterocycles. The molecule has 3 heteroatoms. The highest BCUT2D eigenvalue weighted by Crippen LogP contribution is 2.21. The highest BCUT2D eigenvalue weighted by molar-refractivity contribution is 5.80. The molecule has 0 fully saturated rings. The van der Waals surface area contributed by atoms with E-state index in [4.69, 9.17) is 4.74 Å².